The fraction of sp³-hybridized carbons (Fsp3) is 0.500. The van der Waals surface area contributed by atoms with Gasteiger partial charge in [0.15, 0.2) is 0 Å². The number of aromatic amines is 1. The van der Waals surface area contributed by atoms with Crippen LogP contribution in [0.25, 0.3) is 10.9 Å². The number of hydrogen-bond donors (Lipinski definition) is 1. The van der Waals surface area contributed by atoms with Crippen molar-refractivity contribution in [3.05, 3.63) is 30.0 Å². The Kier molecular flexibility index (Phi) is 5.66. The summed E-state index contributed by atoms with van der Waals surface area (Å²) >= 11 is 0. The van der Waals surface area contributed by atoms with E-state index in [1.165, 1.54) is 0 Å². The molecule has 0 spiro atoms. The third-order valence-electron chi connectivity index (χ3n) is 3.99. The number of hydrogen-bond acceptors (Lipinski definition) is 4. The number of fused-ring (bicyclic) bond motifs is 1. The zero-order valence-electron chi connectivity index (χ0n) is 14.6. The molecule has 0 fully saturated rings. The number of carbonyl (C=O) groups excluding carboxylic acids is 1. The Hall–Kier alpha value is -2.01. The summed E-state index contributed by atoms with van der Waals surface area (Å²) in [6, 6.07) is 5.64. The molecule has 126 valence electrons. The summed E-state index contributed by atoms with van der Waals surface area (Å²) in [7, 11) is 4.08. The third-order valence-corrected chi connectivity index (χ3v) is 3.99. The van der Waals surface area contributed by atoms with E-state index in [9.17, 15) is 4.79 Å². The van der Waals surface area contributed by atoms with Gasteiger partial charge in [0.25, 0.3) is 0 Å². The zero-order chi connectivity index (χ0) is 17.0. The Bertz CT molecular complexity index is 661. The molecule has 0 amide bonds. The molecule has 5 heteroatoms. The average Bonchev–Trinajstić information content (AvgIpc) is 2.89. The van der Waals surface area contributed by atoms with E-state index in [-0.39, 0.29) is 12.0 Å². The van der Waals surface area contributed by atoms with Crippen molar-refractivity contribution in [2.45, 2.75) is 33.3 Å². The van der Waals surface area contributed by atoms with E-state index in [0.29, 0.717) is 5.75 Å². The van der Waals surface area contributed by atoms with E-state index in [2.05, 4.69) is 9.88 Å². The molecule has 1 aromatic heterocycles. The molecule has 0 aliphatic rings. The standard InChI is InChI=1S/C18H26N2O3/c1-12(2)13(3)22-18(21)23-16-8-6-7-15-17(16)14(11-19-15)9-10-20(4)5/h6-8,11-13,19H,9-10H2,1-5H3. The van der Waals surface area contributed by atoms with E-state index < -0.39 is 6.16 Å². The van der Waals surface area contributed by atoms with Gasteiger partial charge in [-0.1, -0.05) is 19.9 Å². The van der Waals surface area contributed by atoms with Crippen LogP contribution >= 0.6 is 0 Å². The summed E-state index contributed by atoms with van der Waals surface area (Å²) in [4.78, 5) is 17.4. The maximum atomic E-state index is 12.0. The van der Waals surface area contributed by atoms with Crippen molar-refractivity contribution in [3.8, 4) is 5.75 Å². The highest BCUT2D eigenvalue weighted by Gasteiger charge is 2.17. The lowest BCUT2D eigenvalue weighted by Crippen LogP contribution is -2.22. The molecule has 2 aromatic rings. The maximum Gasteiger partial charge on any atom is 0.514 e. The molecule has 5 nitrogen and oxygen atoms in total. The molecule has 2 rings (SSSR count). The van der Waals surface area contributed by atoms with Crippen LogP contribution in [-0.4, -0.2) is 42.8 Å². The summed E-state index contributed by atoms with van der Waals surface area (Å²) in [6.07, 6.45) is 2.02. The first-order valence-corrected chi connectivity index (χ1v) is 8.00. The molecule has 23 heavy (non-hydrogen) atoms. The van der Waals surface area contributed by atoms with Crippen LogP contribution in [0.5, 0.6) is 5.75 Å². The van der Waals surface area contributed by atoms with Gasteiger partial charge < -0.3 is 19.4 Å². The fourth-order valence-electron chi connectivity index (χ4n) is 2.25. The lowest BCUT2D eigenvalue weighted by atomic mass is 10.1. The predicted molar refractivity (Wildman–Crippen MR) is 92.0 cm³/mol. The molecule has 0 radical (unpaired) electrons. The van der Waals surface area contributed by atoms with Gasteiger partial charge in [0.1, 0.15) is 11.9 Å². The van der Waals surface area contributed by atoms with Gasteiger partial charge in [-0.3, -0.25) is 0 Å². The van der Waals surface area contributed by atoms with Crippen molar-refractivity contribution >= 4 is 17.1 Å². The van der Waals surface area contributed by atoms with Crippen LogP contribution in [0.2, 0.25) is 0 Å². The molecule has 0 saturated heterocycles. The van der Waals surface area contributed by atoms with Crippen LogP contribution in [0.3, 0.4) is 0 Å². The van der Waals surface area contributed by atoms with Crippen LogP contribution in [0.1, 0.15) is 26.3 Å². The van der Waals surface area contributed by atoms with Crippen molar-refractivity contribution in [1.82, 2.24) is 9.88 Å². The highest BCUT2D eigenvalue weighted by molar-refractivity contribution is 5.90. The first-order valence-electron chi connectivity index (χ1n) is 8.00. The van der Waals surface area contributed by atoms with Crippen molar-refractivity contribution in [2.24, 2.45) is 5.92 Å². The number of nitrogens with zero attached hydrogens (tertiary/aromatic N) is 1. The van der Waals surface area contributed by atoms with Gasteiger partial charge in [0.05, 0.1) is 0 Å². The van der Waals surface area contributed by atoms with Crippen LogP contribution in [0.15, 0.2) is 24.4 Å². The largest absolute Gasteiger partial charge is 0.514 e. The molecule has 0 bridgehead atoms. The molecule has 1 heterocycles. The molecule has 1 unspecified atom stereocenters. The number of nitrogens with one attached hydrogen (secondary N) is 1. The van der Waals surface area contributed by atoms with E-state index in [4.69, 9.17) is 9.47 Å². The molecular formula is C18H26N2O3. The van der Waals surface area contributed by atoms with Gasteiger partial charge in [0.2, 0.25) is 0 Å². The van der Waals surface area contributed by atoms with Crippen LogP contribution in [0.4, 0.5) is 4.79 Å². The van der Waals surface area contributed by atoms with Crippen LogP contribution < -0.4 is 4.74 Å². The first-order chi connectivity index (χ1) is 10.9. The Morgan fingerprint density at radius 2 is 2.00 bits per heavy atom. The third kappa shape index (κ3) is 4.48. The molecule has 1 N–H and O–H groups in total. The highest BCUT2D eigenvalue weighted by Crippen LogP contribution is 2.29. The second-order valence-corrected chi connectivity index (χ2v) is 6.46. The second-order valence-electron chi connectivity index (χ2n) is 6.46. The Morgan fingerprint density at radius 1 is 1.26 bits per heavy atom. The number of benzene rings is 1. The van der Waals surface area contributed by atoms with E-state index in [1.807, 2.05) is 53.2 Å². The monoisotopic (exact) mass is 318 g/mol. The SMILES string of the molecule is CC(C)C(C)OC(=O)Oc1cccc2[nH]cc(CCN(C)C)c12. The Labute approximate surface area is 137 Å². The topological polar surface area (TPSA) is 54.6 Å². The van der Waals surface area contributed by atoms with Gasteiger partial charge in [0, 0.05) is 23.6 Å². The Morgan fingerprint density at radius 3 is 2.65 bits per heavy atom. The zero-order valence-corrected chi connectivity index (χ0v) is 14.6. The minimum absolute atomic E-state index is 0.180. The molecular weight excluding hydrogens is 292 g/mol. The van der Waals surface area contributed by atoms with Crippen molar-refractivity contribution in [1.29, 1.82) is 0 Å². The lowest BCUT2D eigenvalue weighted by Gasteiger charge is -2.16. The summed E-state index contributed by atoms with van der Waals surface area (Å²) < 4.78 is 10.8. The lowest BCUT2D eigenvalue weighted by molar-refractivity contribution is 0.0469. The maximum absolute atomic E-state index is 12.0. The molecule has 0 aliphatic carbocycles. The van der Waals surface area contributed by atoms with Crippen LogP contribution in [-0.2, 0) is 11.2 Å². The molecule has 0 aliphatic heterocycles. The number of rotatable bonds is 6. The smallest absolute Gasteiger partial charge is 0.431 e. The van der Waals surface area contributed by atoms with Gasteiger partial charge >= 0.3 is 6.16 Å². The highest BCUT2D eigenvalue weighted by atomic mass is 16.7. The van der Waals surface area contributed by atoms with Crippen LogP contribution in [0, 0.1) is 5.92 Å². The average molecular weight is 318 g/mol. The van der Waals surface area contributed by atoms with E-state index >= 15 is 0 Å². The minimum atomic E-state index is -0.654. The van der Waals surface area contributed by atoms with Gasteiger partial charge in [-0.05, 0) is 51.1 Å². The molecule has 1 aromatic carbocycles. The Balaban J connectivity index is 2.19. The summed E-state index contributed by atoms with van der Waals surface area (Å²) in [5.74, 6) is 0.791. The number of likely N-dealkylation sites (N-methyl/N-ethyl adjacent to an activating group) is 1. The van der Waals surface area contributed by atoms with Crippen molar-refractivity contribution < 1.29 is 14.3 Å². The minimum Gasteiger partial charge on any atom is -0.431 e. The first kappa shape index (κ1) is 17.3. The number of ether oxygens (including phenoxy) is 2. The number of H-pyrrole nitrogens is 1. The van der Waals surface area contributed by atoms with E-state index in [0.717, 1.165) is 29.4 Å². The number of aromatic nitrogens is 1. The van der Waals surface area contributed by atoms with Crippen molar-refractivity contribution in [3.63, 3.8) is 0 Å². The fourth-order valence-corrected chi connectivity index (χ4v) is 2.25. The summed E-state index contributed by atoms with van der Waals surface area (Å²) in [6.45, 7) is 6.80. The normalized spacial score (nSPS) is 12.8. The quantitative estimate of drug-likeness (QED) is 0.649. The second kappa shape index (κ2) is 7.51. The predicted octanol–water partition coefficient (Wildman–Crippen LogP) is 3.83. The van der Waals surface area contributed by atoms with Gasteiger partial charge in [-0.25, -0.2) is 4.79 Å². The number of carbonyl (C=O) groups is 1. The van der Waals surface area contributed by atoms with E-state index in [1.54, 1.807) is 6.07 Å². The summed E-state index contributed by atoms with van der Waals surface area (Å²) in [5, 5.41) is 0.948. The van der Waals surface area contributed by atoms with Gasteiger partial charge in [-0.15, -0.1) is 0 Å². The van der Waals surface area contributed by atoms with Crippen molar-refractivity contribution in [2.75, 3.05) is 20.6 Å². The summed E-state index contributed by atoms with van der Waals surface area (Å²) in [5.41, 5.74) is 2.09. The molecule has 0 saturated carbocycles. The molecule has 1 atom stereocenters. The van der Waals surface area contributed by atoms with Gasteiger partial charge in [-0.2, -0.15) is 0 Å².